The SMILES string of the molecule is Cc1cn([C@@H]2C[C@H](Oc3ccc(F)c4c3CCCC4)[C@@H](O)[C@H]2O)c2ncnc(Cl)c12. The third-order valence-corrected chi connectivity index (χ3v) is 6.71. The molecule has 2 aliphatic rings. The predicted molar refractivity (Wildman–Crippen MR) is 110 cm³/mol. The van der Waals surface area contributed by atoms with E-state index in [1.165, 1.54) is 12.4 Å². The normalized spacial score (nSPS) is 26.2. The van der Waals surface area contributed by atoms with Crippen molar-refractivity contribution in [2.24, 2.45) is 0 Å². The number of nitrogens with zero attached hydrogens (tertiary/aromatic N) is 3. The largest absolute Gasteiger partial charge is 0.487 e. The lowest BCUT2D eigenvalue weighted by Crippen LogP contribution is -2.34. The number of aromatic nitrogens is 3. The lowest BCUT2D eigenvalue weighted by molar-refractivity contribution is -0.0166. The molecule has 0 spiro atoms. The number of aryl methyl sites for hydroxylation is 1. The standard InChI is InChI=1S/C22H23ClFN3O3/c1-11-9-27(22-18(11)21(23)25-10-26-22)15-8-17(20(29)19(15)28)30-16-7-6-14(24)12-4-2-3-5-13(12)16/h6-7,9-10,15,17,19-20,28-29H,2-5,8H2,1H3/t15-,17+,19+,20-/m1/s1. The van der Waals surface area contributed by atoms with Gasteiger partial charge in [0.2, 0.25) is 0 Å². The number of rotatable bonds is 3. The molecule has 30 heavy (non-hydrogen) atoms. The third kappa shape index (κ3) is 3.07. The minimum Gasteiger partial charge on any atom is -0.487 e. The molecule has 3 aromatic rings. The van der Waals surface area contributed by atoms with Gasteiger partial charge in [-0.25, -0.2) is 14.4 Å². The topological polar surface area (TPSA) is 80.4 Å². The van der Waals surface area contributed by atoms with E-state index in [9.17, 15) is 14.6 Å². The van der Waals surface area contributed by atoms with Gasteiger partial charge in [0.1, 0.15) is 47.0 Å². The minimum atomic E-state index is -1.07. The van der Waals surface area contributed by atoms with Crippen LogP contribution in [-0.2, 0) is 12.8 Å². The Bertz CT molecular complexity index is 1120. The summed E-state index contributed by atoms with van der Waals surface area (Å²) in [5, 5.41) is 22.6. The molecule has 0 amide bonds. The summed E-state index contributed by atoms with van der Waals surface area (Å²) < 4.78 is 22.2. The van der Waals surface area contributed by atoms with Crippen molar-refractivity contribution in [3.05, 3.63) is 52.3 Å². The number of benzene rings is 1. The quantitative estimate of drug-likeness (QED) is 0.620. The second-order valence-electron chi connectivity index (χ2n) is 8.23. The average molecular weight is 432 g/mol. The van der Waals surface area contributed by atoms with Gasteiger partial charge < -0.3 is 19.5 Å². The molecule has 0 aliphatic heterocycles. The first-order chi connectivity index (χ1) is 14.5. The number of fused-ring (bicyclic) bond motifs is 2. The van der Waals surface area contributed by atoms with Crippen molar-refractivity contribution >= 4 is 22.6 Å². The van der Waals surface area contributed by atoms with Crippen molar-refractivity contribution in [3.63, 3.8) is 0 Å². The second kappa shape index (κ2) is 7.48. The van der Waals surface area contributed by atoms with E-state index in [-0.39, 0.29) is 5.82 Å². The first-order valence-electron chi connectivity index (χ1n) is 10.3. The molecule has 2 aromatic heterocycles. The summed E-state index contributed by atoms with van der Waals surface area (Å²) in [4.78, 5) is 8.37. The molecule has 0 saturated heterocycles. The van der Waals surface area contributed by atoms with Crippen LogP contribution < -0.4 is 4.74 Å². The van der Waals surface area contributed by atoms with E-state index >= 15 is 0 Å². The van der Waals surface area contributed by atoms with Gasteiger partial charge in [-0.3, -0.25) is 0 Å². The Morgan fingerprint density at radius 1 is 1.13 bits per heavy atom. The zero-order valence-electron chi connectivity index (χ0n) is 16.6. The van der Waals surface area contributed by atoms with Gasteiger partial charge in [-0.05, 0) is 55.9 Å². The highest BCUT2D eigenvalue weighted by atomic mass is 35.5. The Balaban J connectivity index is 1.46. The first-order valence-corrected chi connectivity index (χ1v) is 10.6. The van der Waals surface area contributed by atoms with E-state index in [0.29, 0.717) is 35.0 Å². The summed E-state index contributed by atoms with van der Waals surface area (Å²) in [6, 6.07) is 2.63. The Hall–Kier alpha value is -2.22. The van der Waals surface area contributed by atoms with E-state index in [1.54, 1.807) is 6.07 Å². The highest BCUT2D eigenvalue weighted by molar-refractivity contribution is 6.34. The summed E-state index contributed by atoms with van der Waals surface area (Å²) in [6.45, 7) is 1.91. The Morgan fingerprint density at radius 3 is 2.70 bits per heavy atom. The van der Waals surface area contributed by atoms with Crippen LogP contribution in [-0.4, -0.2) is 43.1 Å². The molecule has 158 valence electrons. The summed E-state index contributed by atoms with van der Waals surface area (Å²) in [6.07, 6.45) is 4.33. The van der Waals surface area contributed by atoms with E-state index in [1.807, 2.05) is 17.7 Å². The Labute approximate surface area is 178 Å². The monoisotopic (exact) mass is 431 g/mol. The van der Waals surface area contributed by atoms with Crippen LogP contribution in [0, 0.1) is 12.7 Å². The number of aliphatic hydroxyl groups is 2. The Kier molecular flexibility index (Phi) is 4.92. The maximum absolute atomic E-state index is 14.2. The second-order valence-corrected chi connectivity index (χ2v) is 8.59. The van der Waals surface area contributed by atoms with Crippen LogP contribution in [0.5, 0.6) is 5.75 Å². The van der Waals surface area contributed by atoms with Gasteiger partial charge in [-0.15, -0.1) is 0 Å². The van der Waals surface area contributed by atoms with Crippen molar-refractivity contribution < 1.29 is 19.3 Å². The van der Waals surface area contributed by atoms with Gasteiger partial charge in [0.15, 0.2) is 0 Å². The number of hydrogen-bond donors (Lipinski definition) is 2. The summed E-state index contributed by atoms with van der Waals surface area (Å²) in [5.74, 6) is 0.398. The number of halogens is 2. The van der Waals surface area contributed by atoms with Crippen molar-refractivity contribution in [1.29, 1.82) is 0 Å². The smallest absolute Gasteiger partial charge is 0.145 e. The maximum Gasteiger partial charge on any atom is 0.145 e. The van der Waals surface area contributed by atoms with Crippen LogP contribution >= 0.6 is 11.6 Å². The molecule has 6 nitrogen and oxygen atoms in total. The van der Waals surface area contributed by atoms with Gasteiger partial charge in [0.25, 0.3) is 0 Å². The zero-order chi connectivity index (χ0) is 21.0. The molecule has 1 saturated carbocycles. The number of aliphatic hydroxyl groups excluding tert-OH is 2. The molecule has 1 fully saturated rings. The maximum atomic E-state index is 14.2. The molecular formula is C22H23ClFN3O3. The third-order valence-electron chi connectivity index (χ3n) is 6.42. The minimum absolute atomic E-state index is 0.201. The molecule has 0 radical (unpaired) electrons. The highest BCUT2D eigenvalue weighted by Crippen LogP contribution is 2.39. The van der Waals surface area contributed by atoms with Gasteiger partial charge in [-0.2, -0.15) is 0 Å². The van der Waals surface area contributed by atoms with Crippen molar-refractivity contribution in [3.8, 4) is 5.75 Å². The number of hydrogen-bond acceptors (Lipinski definition) is 5. The van der Waals surface area contributed by atoms with Gasteiger partial charge in [0, 0.05) is 18.2 Å². The first kappa shape index (κ1) is 19.7. The van der Waals surface area contributed by atoms with Gasteiger partial charge in [0.05, 0.1) is 11.4 Å². The molecule has 8 heteroatoms. The van der Waals surface area contributed by atoms with Crippen LogP contribution in [0.4, 0.5) is 4.39 Å². The van der Waals surface area contributed by atoms with Crippen molar-refractivity contribution in [1.82, 2.24) is 14.5 Å². The zero-order valence-corrected chi connectivity index (χ0v) is 17.3. The molecule has 4 atom stereocenters. The molecular weight excluding hydrogens is 409 g/mol. The number of ether oxygens (including phenoxy) is 1. The Morgan fingerprint density at radius 2 is 1.90 bits per heavy atom. The van der Waals surface area contributed by atoms with E-state index in [4.69, 9.17) is 16.3 Å². The van der Waals surface area contributed by atoms with Crippen molar-refractivity contribution in [2.45, 2.75) is 63.4 Å². The molecule has 2 heterocycles. The lowest BCUT2D eigenvalue weighted by atomic mass is 9.90. The summed E-state index contributed by atoms with van der Waals surface area (Å²) >= 11 is 6.23. The lowest BCUT2D eigenvalue weighted by Gasteiger charge is -2.24. The molecule has 1 aromatic carbocycles. The van der Waals surface area contributed by atoms with E-state index in [2.05, 4.69) is 9.97 Å². The molecule has 0 unspecified atom stereocenters. The van der Waals surface area contributed by atoms with E-state index < -0.39 is 24.4 Å². The van der Waals surface area contributed by atoms with Crippen LogP contribution in [0.15, 0.2) is 24.7 Å². The highest BCUT2D eigenvalue weighted by Gasteiger charge is 2.45. The molecule has 0 bridgehead atoms. The van der Waals surface area contributed by atoms with Crippen LogP contribution in [0.3, 0.4) is 0 Å². The predicted octanol–water partition coefficient (Wildman–Crippen LogP) is 3.53. The molecule has 2 N–H and O–H groups in total. The van der Waals surface area contributed by atoms with Crippen LogP contribution in [0.2, 0.25) is 5.15 Å². The fourth-order valence-electron chi connectivity index (χ4n) is 4.90. The van der Waals surface area contributed by atoms with Gasteiger partial charge in [-0.1, -0.05) is 11.6 Å². The van der Waals surface area contributed by atoms with Crippen LogP contribution in [0.1, 0.15) is 42.0 Å². The molecule has 5 rings (SSSR count). The fourth-order valence-corrected chi connectivity index (χ4v) is 5.18. The van der Waals surface area contributed by atoms with Gasteiger partial charge >= 0.3 is 0 Å². The summed E-state index contributed by atoms with van der Waals surface area (Å²) in [7, 11) is 0. The average Bonchev–Trinajstić information content (AvgIpc) is 3.22. The summed E-state index contributed by atoms with van der Waals surface area (Å²) in [5.41, 5.74) is 3.10. The molecule has 2 aliphatic carbocycles. The van der Waals surface area contributed by atoms with E-state index in [0.717, 1.165) is 35.8 Å². The van der Waals surface area contributed by atoms with Crippen LogP contribution in [0.25, 0.3) is 11.0 Å². The fraction of sp³-hybridized carbons (Fsp3) is 0.455. The van der Waals surface area contributed by atoms with Crippen molar-refractivity contribution in [2.75, 3.05) is 0 Å².